The van der Waals surface area contributed by atoms with E-state index in [1.807, 2.05) is 13.0 Å². The van der Waals surface area contributed by atoms with Crippen molar-refractivity contribution in [2.75, 3.05) is 20.4 Å². The summed E-state index contributed by atoms with van der Waals surface area (Å²) in [7, 11) is 2.15. The van der Waals surface area contributed by atoms with Gasteiger partial charge in [-0.3, -0.25) is 4.79 Å². The quantitative estimate of drug-likeness (QED) is 0.479. The number of ketones is 1. The molecule has 1 rings (SSSR count). The van der Waals surface area contributed by atoms with E-state index >= 15 is 0 Å². The van der Waals surface area contributed by atoms with E-state index in [4.69, 9.17) is 9.05 Å². The average Bonchev–Trinajstić information content (AvgIpc) is 2.49. The Kier molecular flexibility index (Phi) is 8.68. The summed E-state index contributed by atoms with van der Waals surface area (Å²) in [6, 6.07) is 10.5. The van der Waals surface area contributed by atoms with E-state index in [9.17, 15) is 4.79 Å². The molecule has 1 atom stereocenters. The molecule has 112 valence electrons. The fourth-order valence-electron chi connectivity index (χ4n) is 2.07. The van der Waals surface area contributed by atoms with Gasteiger partial charge in [0.15, 0.2) is 8.38 Å². The van der Waals surface area contributed by atoms with Gasteiger partial charge in [0.25, 0.3) is 0 Å². The molecule has 0 saturated heterocycles. The molecule has 0 aromatic heterocycles. The molecular formula is C16H25O3P. The number of carbonyl (C=O) groups excluding carboxylic acids is 1. The Morgan fingerprint density at radius 2 is 1.80 bits per heavy atom. The predicted molar refractivity (Wildman–Crippen MR) is 84.0 cm³/mol. The molecule has 20 heavy (non-hydrogen) atoms. The Morgan fingerprint density at radius 3 is 2.40 bits per heavy atom. The molecule has 0 aliphatic rings. The van der Waals surface area contributed by atoms with Gasteiger partial charge < -0.3 is 9.05 Å². The maximum atomic E-state index is 12.0. The van der Waals surface area contributed by atoms with Gasteiger partial charge in [0.2, 0.25) is 0 Å². The maximum Gasteiger partial charge on any atom is 0.177 e. The van der Waals surface area contributed by atoms with Crippen molar-refractivity contribution in [3.05, 3.63) is 35.9 Å². The van der Waals surface area contributed by atoms with Crippen LogP contribution in [0.25, 0.3) is 0 Å². The minimum atomic E-state index is -1.03. The van der Waals surface area contributed by atoms with Crippen molar-refractivity contribution in [3.63, 3.8) is 0 Å². The summed E-state index contributed by atoms with van der Waals surface area (Å²) in [4.78, 5) is 12.0. The van der Waals surface area contributed by atoms with Crippen LogP contribution in [0.1, 0.15) is 31.7 Å². The number of hydrogen-bond donors (Lipinski definition) is 0. The highest BCUT2D eigenvalue weighted by atomic mass is 31.2. The summed E-state index contributed by atoms with van der Waals surface area (Å²) >= 11 is 0. The Morgan fingerprint density at radius 1 is 1.15 bits per heavy atom. The molecule has 3 nitrogen and oxygen atoms in total. The topological polar surface area (TPSA) is 35.5 Å². The molecule has 0 saturated carbocycles. The first-order valence-electron chi connectivity index (χ1n) is 7.09. The van der Waals surface area contributed by atoms with Crippen LogP contribution in [0.2, 0.25) is 0 Å². The number of aryl methyl sites for hydroxylation is 1. The van der Waals surface area contributed by atoms with Crippen molar-refractivity contribution in [3.8, 4) is 0 Å². The highest BCUT2D eigenvalue weighted by molar-refractivity contribution is 7.48. The zero-order valence-electron chi connectivity index (χ0n) is 12.7. The van der Waals surface area contributed by atoms with Gasteiger partial charge in [-0.15, -0.1) is 0 Å². The third kappa shape index (κ3) is 6.60. The van der Waals surface area contributed by atoms with Crippen molar-refractivity contribution in [1.82, 2.24) is 0 Å². The van der Waals surface area contributed by atoms with Crippen molar-refractivity contribution in [2.24, 2.45) is 5.92 Å². The molecule has 0 aliphatic carbocycles. The van der Waals surface area contributed by atoms with Gasteiger partial charge >= 0.3 is 0 Å². The molecule has 0 amide bonds. The first-order valence-corrected chi connectivity index (χ1v) is 8.46. The lowest BCUT2D eigenvalue weighted by Gasteiger charge is -2.14. The van der Waals surface area contributed by atoms with Crippen LogP contribution in [0.5, 0.6) is 0 Å². The maximum absolute atomic E-state index is 12.0. The van der Waals surface area contributed by atoms with Gasteiger partial charge in [-0.2, -0.15) is 0 Å². The summed E-state index contributed by atoms with van der Waals surface area (Å²) in [5, 5.41) is 0. The SMILES string of the molecule is COP(CC(=O)C(C)CCCCc1ccccc1)OC. The first-order chi connectivity index (χ1) is 9.67. The van der Waals surface area contributed by atoms with Gasteiger partial charge in [0.1, 0.15) is 5.78 Å². The van der Waals surface area contributed by atoms with Crippen LogP contribution in [0.4, 0.5) is 0 Å². The highest BCUT2D eigenvalue weighted by Crippen LogP contribution is 2.36. The smallest absolute Gasteiger partial charge is 0.177 e. The van der Waals surface area contributed by atoms with Crippen LogP contribution in [0, 0.1) is 5.92 Å². The molecule has 4 heteroatoms. The predicted octanol–water partition coefficient (Wildman–Crippen LogP) is 4.21. The molecule has 1 aromatic rings. The van der Waals surface area contributed by atoms with Gasteiger partial charge in [0, 0.05) is 20.1 Å². The van der Waals surface area contributed by atoms with Crippen LogP contribution < -0.4 is 0 Å². The number of Topliss-reactive ketones (excluding diaryl/α,β-unsaturated/α-hetero) is 1. The first kappa shape index (κ1) is 17.3. The van der Waals surface area contributed by atoms with Crippen molar-refractivity contribution in [2.45, 2.75) is 32.6 Å². The molecule has 0 N–H and O–H groups in total. The molecule has 0 bridgehead atoms. The van der Waals surface area contributed by atoms with E-state index in [1.165, 1.54) is 5.56 Å². The summed E-state index contributed by atoms with van der Waals surface area (Å²) in [6.07, 6.45) is 4.65. The zero-order chi connectivity index (χ0) is 14.8. The van der Waals surface area contributed by atoms with Crippen molar-refractivity contribution < 1.29 is 13.8 Å². The van der Waals surface area contributed by atoms with Gasteiger partial charge in [-0.1, -0.05) is 43.7 Å². The van der Waals surface area contributed by atoms with E-state index in [1.54, 1.807) is 14.2 Å². The molecule has 0 spiro atoms. The molecule has 0 aliphatic heterocycles. The van der Waals surface area contributed by atoms with Crippen LogP contribution in [0.3, 0.4) is 0 Å². The highest BCUT2D eigenvalue weighted by Gasteiger charge is 2.18. The van der Waals surface area contributed by atoms with Crippen LogP contribution in [-0.4, -0.2) is 26.2 Å². The lowest BCUT2D eigenvalue weighted by Crippen LogP contribution is -2.15. The van der Waals surface area contributed by atoms with Crippen LogP contribution in [0.15, 0.2) is 30.3 Å². The molecule has 1 aromatic carbocycles. The third-order valence-electron chi connectivity index (χ3n) is 3.44. The van der Waals surface area contributed by atoms with Gasteiger partial charge in [-0.05, 0) is 24.8 Å². The number of rotatable bonds is 10. The summed E-state index contributed by atoms with van der Waals surface area (Å²) in [5.41, 5.74) is 1.37. The second kappa shape index (κ2) is 10.0. The lowest BCUT2D eigenvalue weighted by atomic mass is 9.98. The third-order valence-corrected chi connectivity index (χ3v) is 4.82. The van der Waals surface area contributed by atoms with Crippen molar-refractivity contribution in [1.29, 1.82) is 0 Å². The van der Waals surface area contributed by atoms with E-state index in [0.717, 1.165) is 25.7 Å². The molecular weight excluding hydrogens is 271 g/mol. The second-order valence-corrected chi connectivity index (χ2v) is 6.67. The summed E-state index contributed by atoms with van der Waals surface area (Å²) < 4.78 is 10.3. The van der Waals surface area contributed by atoms with E-state index in [0.29, 0.717) is 6.16 Å². The standard InChI is InChI=1S/C16H25O3P/c1-14(16(17)13-20(18-2)19-3)9-7-8-12-15-10-5-4-6-11-15/h4-6,10-11,14H,7-9,12-13H2,1-3H3. The van der Waals surface area contributed by atoms with Crippen LogP contribution in [-0.2, 0) is 20.3 Å². The van der Waals surface area contributed by atoms with Gasteiger partial charge in [-0.25, -0.2) is 0 Å². The minimum Gasteiger partial charge on any atom is -0.337 e. The number of carbonyl (C=O) groups is 1. The lowest BCUT2D eigenvalue weighted by molar-refractivity contribution is -0.120. The number of unbranched alkanes of at least 4 members (excludes halogenated alkanes) is 1. The fraction of sp³-hybridized carbons (Fsp3) is 0.562. The zero-order valence-corrected chi connectivity index (χ0v) is 13.6. The molecule has 1 unspecified atom stereocenters. The summed E-state index contributed by atoms with van der Waals surface area (Å²) in [6.45, 7) is 2.00. The van der Waals surface area contributed by atoms with Crippen LogP contribution >= 0.6 is 8.38 Å². The Bertz CT molecular complexity index is 377. The van der Waals surface area contributed by atoms with E-state index < -0.39 is 8.38 Å². The largest absolute Gasteiger partial charge is 0.337 e. The normalized spacial score (nSPS) is 12.6. The number of benzene rings is 1. The summed E-state index contributed by atoms with van der Waals surface area (Å²) in [5.74, 6) is 0.348. The molecule has 0 heterocycles. The fourth-order valence-corrected chi connectivity index (χ4v) is 3.05. The molecule has 0 radical (unpaired) electrons. The Balaban J connectivity index is 2.19. The monoisotopic (exact) mass is 296 g/mol. The number of hydrogen-bond acceptors (Lipinski definition) is 3. The van der Waals surface area contributed by atoms with Crippen molar-refractivity contribution >= 4 is 14.2 Å². The Labute approximate surface area is 123 Å². The average molecular weight is 296 g/mol. The second-order valence-electron chi connectivity index (χ2n) is 4.95. The van der Waals surface area contributed by atoms with E-state index in [-0.39, 0.29) is 11.7 Å². The molecule has 0 fully saturated rings. The minimum absolute atomic E-state index is 0.0982. The Hall–Kier alpha value is -0.760. The van der Waals surface area contributed by atoms with Gasteiger partial charge in [0.05, 0.1) is 6.16 Å². The van der Waals surface area contributed by atoms with E-state index in [2.05, 4.69) is 24.3 Å².